The third-order valence-corrected chi connectivity index (χ3v) is 4.66. The smallest absolute Gasteiger partial charge is 0.123 e. The molecule has 0 amide bonds. The van der Waals surface area contributed by atoms with Crippen LogP contribution in [0.5, 0.6) is 0 Å². The molecule has 1 aliphatic heterocycles. The highest BCUT2D eigenvalue weighted by molar-refractivity contribution is 5.79. The van der Waals surface area contributed by atoms with Crippen molar-refractivity contribution < 1.29 is 4.39 Å². The molecule has 0 fully saturated rings. The van der Waals surface area contributed by atoms with E-state index in [1.165, 1.54) is 12.1 Å². The number of rotatable bonds is 3. The van der Waals surface area contributed by atoms with Crippen LogP contribution in [0.3, 0.4) is 0 Å². The third-order valence-electron chi connectivity index (χ3n) is 4.66. The Hall–Kier alpha value is -2.54. The van der Waals surface area contributed by atoms with E-state index in [1.54, 1.807) is 0 Å². The maximum absolute atomic E-state index is 13.2. The Bertz CT molecular complexity index is 759. The van der Waals surface area contributed by atoms with E-state index in [0.717, 1.165) is 30.2 Å². The zero-order valence-corrected chi connectivity index (χ0v) is 13.7. The molecule has 0 radical (unpaired) electrons. The first kappa shape index (κ1) is 15.4. The zero-order chi connectivity index (χ0) is 16.6. The summed E-state index contributed by atoms with van der Waals surface area (Å²) in [6.45, 7) is 8.02. The second-order valence-corrected chi connectivity index (χ2v) is 6.31. The van der Waals surface area contributed by atoms with Gasteiger partial charge in [0.05, 0.1) is 35.2 Å². The molecule has 2 aromatic carbocycles. The molecule has 0 saturated carbocycles. The van der Waals surface area contributed by atoms with Crippen LogP contribution in [-0.4, -0.2) is 13.2 Å². The lowest BCUT2D eigenvalue weighted by atomic mass is 9.92. The van der Waals surface area contributed by atoms with E-state index in [4.69, 9.17) is 5.26 Å². The molecule has 23 heavy (non-hydrogen) atoms. The first-order valence-electron chi connectivity index (χ1n) is 7.80. The summed E-state index contributed by atoms with van der Waals surface area (Å²) in [6.07, 6.45) is 0. The van der Waals surface area contributed by atoms with Gasteiger partial charge >= 0.3 is 0 Å². The normalized spacial score (nSPS) is 13.9. The van der Waals surface area contributed by atoms with Gasteiger partial charge in [-0.05, 0) is 56.7 Å². The molecule has 0 aliphatic carbocycles. The highest BCUT2D eigenvalue weighted by Gasteiger charge is 2.36. The molecule has 2 aromatic rings. The lowest BCUT2D eigenvalue weighted by molar-refractivity contribution is 0.488. The number of nitriles is 1. The number of halogens is 1. The Labute approximate surface area is 136 Å². The van der Waals surface area contributed by atoms with E-state index < -0.39 is 0 Å². The lowest BCUT2D eigenvalue weighted by Crippen LogP contribution is -2.43. The van der Waals surface area contributed by atoms with E-state index in [0.29, 0.717) is 5.56 Å². The number of nitrogens with zero attached hydrogens (tertiary/aromatic N) is 3. The molecule has 0 saturated heterocycles. The largest absolute Gasteiger partial charge is 0.352 e. The van der Waals surface area contributed by atoms with Crippen LogP contribution < -0.4 is 9.80 Å². The Morgan fingerprint density at radius 3 is 2.43 bits per heavy atom. The van der Waals surface area contributed by atoms with Crippen molar-refractivity contribution in [2.24, 2.45) is 0 Å². The zero-order valence-electron chi connectivity index (χ0n) is 13.7. The van der Waals surface area contributed by atoms with Crippen molar-refractivity contribution in [3.63, 3.8) is 0 Å². The van der Waals surface area contributed by atoms with Crippen molar-refractivity contribution in [2.75, 3.05) is 23.0 Å². The molecule has 1 aliphatic rings. The Morgan fingerprint density at radius 2 is 1.83 bits per heavy atom. The second-order valence-electron chi connectivity index (χ2n) is 6.31. The minimum absolute atomic E-state index is 0.222. The van der Waals surface area contributed by atoms with Crippen LogP contribution in [-0.2, 0) is 5.54 Å². The second kappa shape index (κ2) is 5.58. The summed E-state index contributed by atoms with van der Waals surface area (Å²) < 4.78 is 13.2. The summed E-state index contributed by atoms with van der Waals surface area (Å²) in [5.41, 5.74) is 3.65. The van der Waals surface area contributed by atoms with Gasteiger partial charge in [0.15, 0.2) is 0 Å². The molecule has 0 N–H and O–H groups in total. The molecule has 118 valence electrons. The molecule has 4 heteroatoms. The van der Waals surface area contributed by atoms with Gasteiger partial charge in [0.25, 0.3) is 0 Å². The molecule has 0 atom stereocenters. The number of benzene rings is 2. The molecular weight excluding hydrogens is 289 g/mol. The van der Waals surface area contributed by atoms with E-state index in [-0.39, 0.29) is 11.4 Å². The Balaban J connectivity index is 2.05. The van der Waals surface area contributed by atoms with Crippen LogP contribution in [0.1, 0.15) is 31.9 Å². The van der Waals surface area contributed by atoms with Gasteiger partial charge in [-0.3, -0.25) is 0 Å². The Kier molecular flexibility index (Phi) is 3.73. The maximum atomic E-state index is 13.2. The van der Waals surface area contributed by atoms with Crippen molar-refractivity contribution in [3.8, 4) is 6.07 Å². The molecule has 0 aromatic heterocycles. The van der Waals surface area contributed by atoms with Crippen molar-refractivity contribution in [2.45, 2.75) is 26.3 Å². The minimum atomic E-state index is -0.277. The van der Waals surface area contributed by atoms with Crippen LogP contribution in [0.25, 0.3) is 0 Å². The summed E-state index contributed by atoms with van der Waals surface area (Å²) in [5, 5.41) is 9.14. The van der Waals surface area contributed by atoms with Gasteiger partial charge < -0.3 is 9.80 Å². The SMILES string of the molecule is CCN1CN(C(C)(C)c2ccc(F)cc2)c2ccc(C#N)cc21. The van der Waals surface area contributed by atoms with Gasteiger partial charge in [-0.1, -0.05) is 12.1 Å². The quantitative estimate of drug-likeness (QED) is 0.849. The van der Waals surface area contributed by atoms with Crippen LogP contribution >= 0.6 is 0 Å². The summed E-state index contributed by atoms with van der Waals surface area (Å²) in [7, 11) is 0. The fourth-order valence-corrected chi connectivity index (χ4v) is 3.16. The van der Waals surface area contributed by atoms with Crippen molar-refractivity contribution in [1.29, 1.82) is 5.26 Å². The lowest BCUT2D eigenvalue weighted by Gasteiger charge is -2.38. The molecule has 3 rings (SSSR count). The summed E-state index contributed by atoms with van der Waals surface area (Å²) in [6, 6.07) is 14.7. The average molecular weight is 309 g/mol. The van der Waals surface area contributed by atoms with Crippen molar-refractivity contribution >= 4 is 11.4 Å². The van der Waals surface area contributed by atoms with Crippen LogP contribution in [0.15, 0.2) is 42.5 Å². The van der Waals surface area contributed by atoms with Gasteiger partial charge in [-0.15, -0.1) is 0 Å². The van der Waals surface area contributed by atoms with Crippen LogP contribution in [0, 0.1) is 17.1 Å². The van der Waals surface area contributed by atoms with Crippen molar-refractivity contribution in [1.82, 2.24) is 0 Å². The summed E-state index contributed by atoms with van der Waals surface area (Å²) in [5.74, 6) is -0.222. The van der Waals surface area contributed by atoms with Crippen LogP contribution in [0.2, 0.25) is 0 Å². The molecule has 0 spiro atoms. The van der Waals surface area contributed by atoms with Crippen LogP contribution in [0.4, 0.5) is 15.8 Å². The molecule has 0 unspecified atom stereocenters. The topological polar surface area (TPSA) is 30.3 Å². The van der Waals surface area contributed by atoms with E-state index in [2.05, 4.69) is 36.6 Å². The first-order valence-corrected chi connectivity index (χ1v) is 7.80. The Morgan fingerprint density at radius 1 is 1.13 bits per heavy atom. The van der Waals surface area contributed by atoms with Gasteiger partial charge in [-0.2, -0.15) is 5.26 Å². The number of fused-ring (bicyclic) bond motifs is 1. The monoisotopic (exact) mass is 309 g/mol. The standard InChI is InChI=1S/C19H20FN3/c1-4-22-13-23(17-10-5-14(12-21)11-18(17)22)19(2,3)15-6-8-16(20)9-7-15/h5-11H,4,13H2,1-3H3. The van der Waals surface area contributed by atoms with Crippen molar-refractivity contribution in [3.05, 3.63) is 59.4 Å². The molecule has 1 heterocycles. The predicted octanol–water partition coefficient (Wildman–Crippen LogP) is 4.24. The predicted molar refractivity (Wildman–Crippen MR) is 90.9 cm³/mol. The highest BCUT2D eigenvalue weighted by atomic mass is 19.1. The van der Waals surface area contributed by atoms with E-state index >= 15 is 0 Å². The number of hydrogen-bond acceptors (Lipinski definition) is 3. The average Bonchev–Trinajstić information content (AvgIpc) is 2.93. The van der Waals surface area contributed by atoms with E-state index in [9.17, 15) is 4.39 Å². The number of anilines is 2. The molecular formula is C19H20FN3. The van der Waals surface area contributed by atoms with Gasteiger partial charge in [0.1, 0.15) is 5.82 Å². The summed E-state index contributed by atoms with van der Waals surface area (Å²) in [4.78, 5) is 4.56. The minimum Gasteiger partial charge on any atom is -0.352 e. The van der Waals surface area contributed by atoms with E-state index in [1.807, 2.05) is 30.3 Å². The third kappa shape index (κ3) is 2.53. The molecule has 3 nitrogen and oxygen atoms in total. The summed E-state index contributed by atoms with van der Waals surface area (Å²) >= 11 is 0. The fraction of sp³-hybridized carbons (Fsp3) is 0.316. The fourth-order valence-electron chi connectivity index (χ4n) is 3.16. The van der Waals surface area contributed by atoms with Gasteiger partial charge in [0.2, 0.25) is 0 Å². The van der Waals surface area contributed by atoms with Gasteiger partial charge in [-0.25, -0.2) is 4.39 Å². The van der Waals surface area contributed by atoms with Gasteiger partial charge in [0, 0.05) is 6.54 Å². The maximum Gasteiger partial charge on any atom is 0.123 e. The highest BCUT2D eigenvalue weighted by Crippen LogP contribution is 2.43. The molecule has 0 bridgehead atoms. The number of hydrogen-bond donors (Lipinski definition) is 0. The first-order chi connectivity index (χ1) is 11.0.